The van der Waals surface area contributed by atoms with Gasteiger partial charge in [-0.15, -0.1) is 0 Å². The number of fused-ring (bicyclic) bond motifs is 2. The van der Waals surface area contributed by atoms with E-state index in [0.717, 1.165) is 131 Å². The molecule has 8 rings (SSSR count). The minimum Gasteiger partial charge on any atom is -0.494 e. The monoisotopic (exact) mass is 817 g/mol. The van der Waals surface area contributed by atoms with Crippen molar-refractivity contribution in [2.75, 3.05) is 52.5 Å². The summed E-state index contributed by atoms with van der Waals surface area (Å²) in [5.41, 5.74) is 11.1. The van der Waals surface area contributed by atoms with Crippen LogP contribution in [-0.2, 0) is 5.41 Å². The zero-order valence-electron chi connectivity index (χ0n) is 36.2. The van der Waals surface area contributed by atoms with E-state index in [1.165, 1.54) is 43.5 Å². The molecular formula is C49H64ClN7O2. The van der Waals surface area contributed by atoms with Crippen molar-refractivity contribution in [2.45, 2.75) is 92.0 Å². The summed E-state index contributed by atoms with van der Waals surface area (Å²) in [7, 11) is 0. The van der Waals surface area contributed by atoms with E-state index in [0.29, 0.717) is 6.04 Å². The lowest BCUT2D eigenvalue weighted by Crippen LogP contribution is -2.50. The average molecular weight is 819 g/mol. The van der Waals surface area contributed by atoms with Crippen LogP contribution in [0, 0.1) is 26.7 Å². The number of H-pyrrole nitrogens is 2. The van der Waals surface area contributed by atoms with Crippen LogP contribution in [-0.4, -0.2) is 83.4 Å². The van der Waals surface area contributed by atoms with Crippen molar-refractivity contribution in [3.05, 3.63) is 94.0 Å². The number of ether oxygens (including phenoxy) is 2. The minimum absolute atomic E-state index is 0.122. The molecule has 10 heteroatoms. The van der Waals surface area contributed by atoms with Gasteiger partial charge in [0.25, 0.3) is 0 Å². The Kier molecular flexibility index (Phi) is 14.0. The predicted molar refractivity (Wildman–Crippen MR) is 245 cm³/mol. The minimum atomic E-state index is 0.122. The van der Waals surface area contributed by atoms with Crippen LogP contribution in [0.1, 0.15) is 82.1 Å². The van der Waals surface area contributed by atoms with E-state index in [2.05, 4.69) is 116 Å². The number of hydrogen-bond donors (Lipinski definition) is 4. The topological polar surface area (TPSA) is 103 Å². The number of hydrogen-bond acceptors (Lipinski definition) is 7. The molecule has 2 fully saturated rings. The second kappa shape index (κ2) is 19.3. The molecule has 59 heavy (non-hydrogen) atoms. The van der Waals surface area contributed by atoms with Gasteiger partial charge in [-0.25, -0.2) is 9.97 Å². The van der Waals surface area contributed by atoms with E-state index in [1.54, 1.807) is 0 Å². The molecule has 6 aromatic rings. The van der Waals surface area contributed by atoms with Gasteiger partial charge < -0.3 is 30.1 Å². The standard InChI is InChI=1S/C26H36N4O.C23H28ClN3O/c1-18-15-21(31-14-6-12-30-13-11-27-17-19(30)2)8-9-22(18)25-28-23-10-7-20(26(3,4)5)16-24(23)29-25;1-15-13-19(28-11-3-4-17-7-9-25-10-8-17)5-6-20(15)23-26-21-14-18(24)12-16(2)22(21)27-23/h7-10,15-16,19,27H,6,11-14,17H2,1-5H3,(H,28,29);5-6,12-14,17,25H,3-4,7-11H2,1-2H3,(H,26,27). The Morgan fingerprint density at radius 1 is 0.729 bits per heavy atom. The molecule has 0 radical (unpaired) electrons. The summed E-state index contributed by atoms with van der Waals surface area (Å²) in [6.07, 6.45) is 6.03. The van der Waals surface area contributed by atoms with E-state index < -0.39 is 0 Å². The Labute approximate surface area is 356 Å². The first-order valence-electron chi connectivity index (χ1n) is 21.7. The van der Waals surface area contributed by atoms with Crippen molar-refractivity contribution in [3.63, 3.8) is 0 Å². The van der Waals surface area contributed by atoms with Crippen LogP contribution in [0.3, 0.4) is 0 Å². The molecule has 2 aromatic heterocycles. The average Bonchev–Trinajstić information content (AvgIpc) is 3.84. The summed E-state index contributed by atoms with van der Waals surface area (Å²) in [6, 6.07) is 23.5. The van der Waals surface area contributed by atoms with E-state index in [-0.39, 0.29) is 5.41 Å². The largest absolute Gasteiger partial charge is 0.494 e. The molecule has 4 N–H and O–H groups in total. The van der Waals surface area contributed by atoms with Gasteiger partial charge >= 0.3 is 0 Å². The van der Waals surface area contributed by atoms with Crippen LogP contribution in [0.15, 0.2) is 66.7 Å². The summed E-state index contributed by atoms with van der Waals surface area (Å²) in [5.74, 6) is 4.51. The van der Waals surface area contributed by atoms with Crippen molar-refractivity contribution in [3.8, 4) is 34.3 Å². The summed E-state index contributed by atoms with van der Waals surface area (Å²) < 4.78 is 12.0. The van der Waals surface area contributed by atoms with E-state index >= 15 is 0 Å². The Morgan fingerprint density at radius 3 is 2.05 bits per heavy atom. The lowest BCUT2D eigenvalue weighted by Gasteiger charge is -2.33. The van der Waals surface area contributed by atoms with Gasteiger partial charge in [-0.3, -0.25) is 4.90 Å². The zero-order valence-corrected chi connectivity index (χ0v) is 37.0. The van der Waals surface area contributed by atoms with E-state index in [4.69, 9.17) is 31.0 Å². The number of rotatable bonds is 12. The zero-order chi connectivity index (χ0) is 41.5. The third kappa shape index (κ3) is 11.1. The second-order valence-corrected chi connectivity index (χ2v) is 18.1. The maximum absolute atomic E-state index is 6.17. The number of aryl methyl sites for hydroxylation is 3. The fraction of sp³-hybridized carbons (Fsp3) is 0.469. The van der Waals surface area contributed by atoms with Crippen LogP contribution in [0.4, 0.5) is 0 Å². The van der Waals surface area contributed by atoms with Crippen LogP contribution in [0.25, 0.3) is 44.8 Å². The van der Waals surface area contributed by atoms with Gasteiger partial charge in [-0.2, -0.15) is 0 Å². The van der Waals surface area contributed by atoms with Gasteiger partial charge in [0, 0.05) is 48.4 Å². The molecular weight excluding hydrogens is 754 g/mol. The number of aromatic amines is 2. The number of aromatic nitrogens is 4. The highest BCUT2D eigenvalue weighted by molar-refractivity contribution is 6.31. The van der Waals surface area contributed by atoms with Crippen LogP contribution < -0.4 is 20.1 Å². The molecule has 0 bridgehead atoms. The second-order valence-electron chi connectivity index (χ2n) is 17.7. The van der Waals surface area contributed by atoms with Gasteiger partial charge in [0.05, 0.1) is 35.3 Å². The molecule has 0 saturated carbocycles. The lowest BCUT2D eigenvalue weighted by atomic mass is 9.87. The van der Waals surface area contributed by atoms with Crippen LogP contribution >= 0.6 is 11.6 Å². The third-order valence-electron chi connectivity index (χ3n) is 12.0. The SMILES string of the molecule is Cc1cc(OCCCC2CCNCC2)ccc1-c1nc2c(C)cc(Cl)cc2[nH]1.Cc1cc(OCCCN2CCNCC2C)ccc1-c1nc2ccc(C(C)(C)C)cc2[nH]1. The molecule has 4 heterocycles. The van der Waals surface area contributed by atoms with Gasteiger partial charge in [-0.05, 0) is 167 Å². The summed E-state index contributed by atoms with van der Waals surface area (Å²) in [5, 5.41) is 7.59. The highest BCUT2D eigenvalue weighted by Gasteiger charge is 2.19. The molecule has 4 aromatic carbocycles. The van der Waals surface area contributed by atoms with Gasteiger partial charge in [0.15, 0.2) is 0 Å². The first kappa shape index (κ1) is 42.7. The molecule has 2 aliphatic heterocycles. The molecule has 0 amide bonds. The smallest absolute Gasteiger partial charge is 0.138 e. The first-order chi connectivity index (χ1) is 28.4. The number of halogens is 1. The normalized spacial score (nSPS) is 16.6. The summed E-state index contributed by atoms with van der Waals surface area (Å²) in [4.78, 5) is 19.1. The Hall–Kier alpha value is -4.41. The summed E-state index contributed by atoms with van der Waals surface area (Å²) in [6.45, 7) is 23.5. The predicted octanol–water partition coefficient (Wildman–Crippen LogP) is 10.6. The fourth-order valence-corrected chi connectivity index (χ4v) is 8.64. The number of piperazine rings is 1. The van der Waals surface area contributed by atoms with Crippen molar-refractivity contribution < 1.29 is 9.47 Å². The van der Waals surface area contributed by atoms with E-state index in [1.807, 2.05) is 25.1 Å². The highest BCUT2D eigenvalue weighted by atomic mass is 35.5. The molecule has 0 aliphatic carbocycles. The van der Waals surface area contributed by atoms with Crippen molar-refractivity contribution in [2.24, 2.45) is 5.92 Å². The fourth-order valence-electron chi connectivity index (χ4n) is 8.37. The van der Waals surface area contributed by atoms with Crippen molar-refractivity contribution >= 4 is 33.7 Å². The van der Waals surface area contributed by atoms with Gasteiger partial charge in [0.2, 0.25) is 0 Å². The molecule has 1 atom stereocenters. The highest BCUT2D eigenvalue weighted by Crippen LogP contribution is 2.31. The lowest BCUT2D eigenvalue weighted by molar-refractivity contribution is 0.160. The van der Waals surface area contributed by atoms with Crippen LogP contribution in [0.2, 0.25) is 5.02 Å². The quantitative estimate of drug-likeness (QED) is 0.0912. The third-order valence-corrected chi connectivity index (χ3v) is 12.2. The molecule has 2 aliphatic rings. The van der Waals surface area contributed by atoms with E-state index in [9.17, 15) is 0 Å². The van der Waals surface area contributed by atoms with Gasteiger partial charge in [0.1, 0.15) is 23.1 Å². The molecule has 9 nitrogen and oxygen atoms in total. The molecule has 1 unspecified atom stereocenters. The maximum Gasteiger partial charge on any atom is 0.138 e. The molecule has 0 spiro atoms. The number of nitrogens with one attached hydrogen (secondary N) is 4. The number of benzene rings is 4. The van der Waals surface area contributed by atoms with Crippen molar-refractivity contribution in [1.82, 2.24) is 35.5 Å². The number of imidazole rings is 2. The Morgan fingerprint density at radius 2 is 1.39 bits per heavy atom. The van der Waals surface area contributed by atoms with Gasteiger partial charge in [-0.1, -0.05) is 38.4 Å². The Bertz CT molecular complexity index is 2320. The first-order valence-corrected chi connectivity index (χ1v) is 22.1. The number of nitrogens with zero attached hydrogens (tertiary/aromatic N) is 3. The Balaban J connectivity index is 0.000000180. The summed E-state index contributed by atoms with van der Waals surface area (Å²) >= 11 is 6.17. The number of piperidine rings is 1. The molecule has 314 valence electrons. The van der Waals surface area contributed by atoms with Crippen LogP contribution in [0.5, 0.6) is 11.5 Å². The van der Waals surface area contributed by atoms with Crippen molar-refractivity contribution in [1.29, 1.82) is 0 Å². The maximum atomic E-state index is 6.17. The molecule has 2 saturated heterocycles.